The minimum absolute atomic E-state index is 0.110. The van der Waals surface area contributed by atoms with Crippen molar-refractivity contribution in [2.75, 3.05) is 4.90 Å². The van der Waals surface area contributed by atoms with Crippen molar-refractivity contribution in [3.05, 3.63) is 47.2 Å². The first kappa shape index (κ1) is 14.6. The van der Waals surface area contributed by atoms with E-state index in [1.165, 1.54) is 0 Å². The van der Waals surface area contributed by atoms with E-state index < -0.39 is 0 Å². The maximum Gasteiger partial charge on any atom is 0.228 e. The summed E-state index contributed by atoms with van der Waals surface area (Å²) < 4.78 is 0. The van der Waals surface area contributed by atoms with E-state index >= 15 is 0 Å². The van der Waals surface area contributed by atoms with Crippen LogP contribution in [0.25, 0.3) is 0 Å². The number of hydrogen-bond acceptors (Lipinski definition) is 4. The molecule has 1 aliphatic heterocycles. The van der Waals surface area contributed by atoms with Crippen molar-refractivity contribution in [3.8, 4) is 0 Å². The average molecular weight is 296 g/mol. The molecule has 0 saturated carbocycles. The highest BCUT2D eigenvalue weighted by Gasteiger charge is 2.28. The number of hydrogen-bond donors (Lipinski definition) is 0. The Bertz CT molecular complexity index is 685. The van der Waals surface area contributed by atoms with Gasteiger partial charge in [-0.15, -0.1) is 0 Å². The molecule has 22 heavy (non-hydrogen) atoms. The topological polar surface area (TPSA) is 59.0 Å². The van der Waals surface area contributed by atoms with Crippen LogP contribution in [0.1, 0.15) is 42.5 Å². The van der Waals surface area contributed by atoms with Crippen LogP contribution < -0.4 is 4.90 Å². The fraction of sp³-hybridized carbons (Fsp3) is 0.412. The van der Waals surface area contributed by atoms with Gasteiger partial charge in [0.1, 0.15) is 11.6 Å². The van der Waals surface area contributed by atoms with Gasteiger partial charge in [0.25, 0.3) is 0 Å². The van der Waals surface area contributed by atoms with Gasteiger partial charge in [0.2, 0.25) is 5.91 Å². The van der Waals surface area contributed by atoms with Gasteiger partial charge in [0.05, 0.1) is 12.2 Å². The van der Waals surface area contributed by atoms with E-state index in [1.54, 1.807) is 11.1 Å². The number of carbonyl (C=O) groups excluding carboxylic acids is 1. The molecule has 3 rings (SSSR count). The van der Waals surface area contributed by atoms with E-state index in [0.29, 0.717) is 13.0 Å². The summed E-state index contributed by atoms with van der Waals surface area (Å²) >= 11 is 0. The van der Waals surface area contributed by atoms with E-state index in [-0.39, 0.29) is 5.91 Å². The molecule has 0 bridgehead atoms. The lowest BCUT2D eigenvalue weighted by Crippen LogP contribution is -2.36. The SMILES string of the molecule is CCCc1nc(C)c2c(n1)N(Cc1ccccn1)C(=O)CC2. The standard InChI is InChI=1S/C17H20N4O/c1-3-6-15-19-12(2)14-8-9-16(22)21(17(14)20-15)11-13-7-4-5-10-18-13/h4-5,7,10H,3,6,8-9,11H2,1-2H3. The quantitative estimate of drug-likeness (QED) is 0.870. The number of nitrogens with zero attached hydrogens (tertiary/aromatic N) is 4. The summed E-state index contributed by atoms with van der Waals surface area (Å²) in [5.74, 6) is 1.70. The van der Waals surface area contributed by atoms with Gasteiger partial charge < -0.3 is 0 Å². The second-order valence-electron chi connectivity index (χ2n) is 5.58. The van der Waals surface area contributed by atoms with Gasteiger partial charge >= 0.3 is 0 Å². The highest BCUT2D eigenvalue weighted by molar-refractivity contribution is 5.95. The van der Waals surface area contributed by atoms with Crippen molar-refractivity contribution in [1.29, 1.82) is 0 Å². The van der Waals surface area contributed by atoms with E-state index in [1.807, 2.05) is 25.1 Å². The second-order valence-corrected chi connectivity index (χ2v) is 5.58. The Hall–Kier alpha value is -2.30. The first-order valence-corrected chi connectivity index (χ1v) is 7.75. The van der Waals surface area contributed by atoms with Crippen LogP contribution in [0.5, 0.6) is 0 Å². The summed E-state index contributed by atoms with van der Waals surface area (Å²) in [6, 6.07) is 5.75. The van der Waals surface area contributed by atoms with Gasteiger partial charge in [-0.2, -0.15) is 0 Å². The number of pyridine rings is 1. The first-order chi connectivity index (χ1) is 10.7. The Kier molecular flexibility index (Phi) is 4.13. The summed E-state index contributed by atoms with van der Waals surface area (Å²) in [4.78, 5) is 27.7. The Morgan fingerprint density at radius 2 is 2.09 bits per heavy atom. The molecule has 3 heterocycles. The van der Waals surface area contributed by atoms with Crippen LogP contribution in [0.3, 0.4) is 0 Å². The lowest BCUT2D eigenvalue weighted by Gasteiger charge is -2.29. The molecule has 0 unspecified atom stereocenters. The van der Waals surface area contributed by atoms with Crippen LogP contribution in [-0.4, -0.2) is 20.9 Å². The van der Waals surface area contributed by atoms with Gasteiger partial charge in [-0.1, -0.05) is 13.0 Å². The molecule has 5 heteroatoms. The van der Waals surface area contributed by atoms with Crippen LogP contribution in [0.4, 0.5) is 5.82 Å². The Morgan fingerprint density at radius 1 is 1.23 bits per heavy atom. The van der Waals surface area contributed by atoms with Crippen molar-refractivity contribution in [2.45, 2.75) is 46.1 Å². The van der Waals surface area contributed by atoms with Crippen molar-refractivity contribution < 1.29 is 4.79 Å². The summed E-state index contributed by atoms with van der Waals surface area (Å²) in [6.07, 6.45) is 4.81. The summed E-state index contributed by atoms with van der Waals surface area (Å²) in [7, 11) is 0. The van der Waals surface area contributed by atoms with Gasteiger partial charge in [-0.05, 0) is 31.9 Å². The zero-order chi connectivity index (χ0) is 15.5. The zero-order valence-corrected chi connectivity index (χ0v) is 13.0. The third-order valence-electron chi connectivity index (χ3n) is 3.90. The third kappa shape index (κ3) is 2.84. The minimum atomic E-state index is 0.110. The third-order valence-corrected chi connectivity index (χ3v) is 3.90. The van der Waals surface area contributed by atoms with Crippen LogP contribution in [0.15, 0.2) is 24.4 Å². The smallest absolute Gasteiger partial charge is 0.228 e. The molecular weight excluding hydrogens is 276 g/mol. The van der Waals surface area contributed by atoms with E-state index in [4.69, 9.17) is 0 Å². The lowest BCUT2D eigenvalue weighted by atomic mass is 10.0. The number of amides is 1. The molecule has 0 N–H and O–H groups in total. The number of aromatic nitrogens is 3. The molecule has 1 aliphatic rings. The maximum absolute atomic E-state index is 12.4. The van der Waals surface area contributed by atoms with Crippen LogP contribution in [-0.2, 0) is 24.2 Å². The Balaban J connectivity index is 1.99. The van der Waals surface area contributed by atoms with Gasteiger partial charge in [0, 0.05) is 30.3 Å². The molecule has 1 amide bonds. The summed E-state index contributed by atoms with van der Waals surface area (Å²) in [5, 5.41) is 0. The fourth-order valence-corrected chi connectivity index (χ4v) is 2.79. The lowest BCUT2D eigenvalue weighted by molar-refractivity contribution is -0.119. The van der Waals surface area contributed by atoms with Crippen molar-refractivity contribution in [3.63, 3.8) is 0 Å². The molecule has 5 nitrogen and oxygen atoms in total. The first-order valence-electron chi connectivity index (χ1n) is 7.75. The zero-order valence-electron chi connectivity index (χ0n) is 13.0. The second kappa shape index (κ2) is 6.22. The normalized spacial score (nSPS) is 14.1. The van der Waals surface area contributed by atoms with E-state index in [2.05, 4.69) is 21.9 Å². The molecular formula is C17H20N4O. The minimum Gasteiger partial charge on any atom is -0.290 e. The summed E-state index contributed by atoms with van der Waals surface area (Å²) in [5.41, 5.74) is 2.96. The monoisotopic (exact) mass is 296 g/mol. The maximum atomic E-state index is 12.4. The molecule has 114 valence electrons. The number of fused-ring (bicyclic) bond motifs is 1. The molecule has 0 saturated heterocycles. The molecule has 2 aromatic heterocycles. The molecule has 0 spiro atoms. The molecule has 0 atom stereocenters. The fourth-order valence-electron chi connectivity index (χ4n) is 2.79. The molecule has 2 aromatic rings. The summed E-state index contributed by atoms with van der Waals surface area (Å²) in [6.45, 7) is 4.58. The van der Waals surface area contributed by atoms with Gasteiger partial charge in [-0.25, -0.2) is 9.97 Å². The van der Waals surface area contributed by atoms with Gasteiger partial charge in [0.15, 0.2) is 0 Å². The number of aryl methyl sites for hydroxylation is 2. The van der Waals surface area contributed by atoms with Crippen LogP contribution >= 0.6 is 0 Å². The largest absolute Gasteiger partial charge is 0.290 e. The molecule has 0 aromatic carbocycles. The molecule has 0 radical (unpaired) electrons. The highest BCUT2D eigenvalue weighted by atomic mass is 16.2. The molecule has 0 aliphatic carbocycles. The van der Waals surface area contributed by atoms with E-state index in [0.717, 1.165) is 47.9 Å². The van der Waals surface area contributed by atoms with Gasteiger partial charge in [-0.3, -0.25) is 14.7 Å². The van der Waals surface area contributed by atoms with Crippen molar-refractivity contribution in [1.82, 2.24) is 15.0 Å². The van der Waals surface area contributed by atoms with Crippen LogP contribution in [0, 0.1) is 6.92 Å². The van der Waals surface area contributed by atoms with Crippen LogP contribution in [0.2, 0.25) is 0 Å². The number of carbonyl (C=O) groups is 1. The van der Waals surface area contributed by atoms with Crippen molar-refractivity contribution in [2.24, 2.45) is 0 Å². The Labute approximate surface area is 130 Å². The Morgan fingerprint density at radius 3 is 2.82 bits per heavy atom. The van der Waals surface area contributed by atoms with Crippen molar-refractivity contribution >= 4 is 11.7 Å². The van der Waals surface area contributed by atoms with E-state index in [9.17, 15) is 4.79 Å². The average Bonchev–Trinajstić information content (AvgIpc) is 2.51. The predicted molar refractivity (Wildman–Crippen MR) is 84.5 cm³/mol. The molecule has 0 fully saturated rings. The highest BCUT2D eigenvalue weighted by Crippen LogP contribution is 2.29. The predicted octanol–water partition coefficient (Wildman–Crippen LogP) is 2.61. The number of rotatable bonds is 4. The number of anilines is 1.